The van der Waals surface area contributed by atoms with Crippen molar-refractivity contribution in [3.8, 4) is 5.75 Å². The van der Waals surface area contributed by atoms with Crippen molar-refractivity contribution in [2.24, 2.45) is 5.92 Å². The van der Waals surface area contributed by atoms with Crippen molar-refractivity contribution in [2.45, 2.75) is 5.72 Å². The second-order valence-electron chi connectivity index (χ2n) is 4.72. The van der Waals surface area contributed by atoms with Gasteiger partial charge in [-0.15, -0.1) is 0 Å². The highest BCUT2D eigenvalue weighted by molar-refractivity contribution is 6.30. The van der Waals surface area contributed by atoms with Gasteiger partial charge in [-0.2, -0.15) is 0 Å². The molecule has 0 aromatic heterocycles. The van der Waals surface area contributed by atoms with Gasteiger partial charge in [0.1, 0.15) is 17.5 Å². The van der Waals surface area contributed by atoms with E-state index in [4.69, 9.17) is 21.4 Å². The molecule has 0 bridgehead atoms. The third-order valence-corrected chi connectivity index (χ3v) is 3.54. The first-order valence-corrected chi connectivity index (χ1v) is 6.84. The highest BCUT2D eigenvalue weighted by Crippen LogP contribution is 2.32. The molecular weight excluding hydrogens is 331 g/mol. The highest BCUT2D eigenvalue weighted by atomic mass is 35.5. The smallest absolute Gasteiger partial charge is 0.404 e. The third kappa shape index (κ3) is 3.59. The fourth-order valence-electron chi connectivity index (χ4n) is 2.14. The molecule has 1 amide bonds. The van der Waals surface area contributed by atoms with Crippen molar-refractivity contribution in [3.05, 3.63) is 63.5 Å². The highest BCUT2D eigenvalue weighted by Gasteiger charge is 2.51. The van der Waals surface area contributed by atoms with Crippen LogP contribution in [0.25, 0.3) is 0 Å². The molecule has 2 atom stereocenters. The Morgan fingerprint density at radius 2 is 2.26 bits per heavy atom. The number of benzene rings is 1. The molecule has 2 N–H and O–H groups in total. The van der Waals surface area contributed by atoms with Crippen LogP contribution in [-0.4, -0.2) is 28.4 Å². The molecule has 0 aliphatic heterocycles. The number of carboxylic acid groups (broad SMARTS) is 1. The van der Waals surface area contributed by atoms with Crippen LogP contribution >= 0.6 is 11.6 Å². The van der Waals surface area contributed by atoms with Crippen LogP contribution in [0.15, 0.2) is 42.5 Å². The van der Waals surface area contributed by atoms with Crippen molar-refractivity contribution in [2.75, 3.05) is 6.54 Å². The predicted molar refractivity (Wildman–Crippen MR) is 79.6 cm³/mol. The minimum Gasteiger partial charge on any atom is -0.465 e. The third-order valence-electron chi connectivity index (χ3n) is 3.25. The van der Waals surface area contributed by atoms with Crippen molar-refractivity contribution >= 4 is 17.7 Å². The first kappa shape index (κ1) is 16.8. The number of nitro groups is 1. The van der Waals surface area contributed by atoms with Gasteiger partial charge in [-0.1, -0.05) is 29.8 Å². The molecule has 23 heavy (non-hydrogen) atoms. The van der Waals surface area contributed by atoms with E-state index in [9.17, 15) is 19.3 Å². The van der Waals surface area contributed by atoms with Gasteiger partial charge in [0.15, 0.2) is 0 Å². The lowest BCUT2D eigenvalue weighted by molar-refractivity contribution is -0.608. The van der Waals surface area contributed by atoms with Crippen LogP contribution in [0.3, 0.4) is 0 Å². The summed E-state index contributed by atoms with van der Waals surface area (Å²) < 4.78 is 18.7. The molecule has 0 saturated heterocycles. The van der Waals surface area contributed by atoms with Crippen molar-refractivity contribution in [3.63, 3.8) is 0 Å². The molecule has 7 nitrogen and oxygen atoms in total. The topological polar surface area (TPSA) is 102 Å². The molecule has 122 valence electrons. The quantitative estimate of drug-likeness (QED) is 0.486. The Morgan fingerprint density at radius 3 is 2.87 bits per heavy atom. The number of rotatable bonds is 5. The first-order valence-electron chi connectivity index (χ1n) is 6.46. The van der Waals surface area contributed by atoms with E-state index in [0.29, 0.717) is 0 Å². The standard InChI is InChI=1S/C14H12ClFN2O5/c15-11-7-10(4-5-12(11)16)23-14(18(21)22)6-2-1-3-9(14)8-17-13(19)20/h1-7,9,17H,8H2,(H,19,20). The van der Waals surface area contributed by atoms with E-state index in [2.05, 4.69) is 5.32 Å². The Morgan fingerprint density at radius 1 is 1.52 bits per heavy atom. The van der Waals surface area contributed by atoms with Gasteiger partial charge in [0, 0.05) is 18.7 Å². The predicted octanol–water partition coefficient (Wildman–Crippen LogP) is 2.84. The van der Waals surface area contributed by atoms with Crippen LogP contribution in [0.1, 0.15) is 0 Å². The number of nitrogens with one attached hydrogen (secondary N) is 1. The molecule has 9 heteroatoms. The summed E-state index contributed by atoms with van der Waals surface area (Å²) in [6.45, 7) is -0.230. The zero-order chi connectivity index (χ0) is 17.0. The Labute approximate surface area is 135 Å². The summed E-state index contributed by atoms with van der Waals surface area (Å²) in [6.07, 6.45) is 4.33. The number of ether oxygens (including phenoxy) is 1. The number of allylic oxidation sites excluding steroid dienone is 2. The van der Waals surface area contributed by atoms with Gasteiger partial charge >= 0.3 is 11.8 Å². The molecule has 2 unspecified atom stereocenters. The SMILES string of the molecule is O=C(O)NCC1C=CC=CC1(Oc1ccc(F)c(Cl)c1)[N+](=O)[O-]. The van der Waals surface area contributed by atoms with Gasteiger partial charge in [0.2, 0.25) is 0 Å². The Balaban J connectivity index is 2.34. The molecule has 0 radical (unpaired) electrons. The van der Waals surface area contributed by atoms with Gasteiger partial charge < -0.3 is 15.2 Å². The number of nitrogens with zero attached hydrogens (tertiary/aromatic N) is 1. The molecule has 0 fully saturated rings. The van der Waals surface area contributed by atoms with Crippen LogP contribution in [0.4, 0.5) is 9.18 Å². The summed E-state index contributed by atoms with van der Waals surface area (Å²) in [5.41, 5.74) is -2.03. The first-order chi connectivity index (χ1) is 10.8. The van der Waals surface area contributed by atoms with Gasteiger partial charge in [0.05, 0.1) is 9.95 Å². The maximum atomic E-state index is 13.2. The largest absolute Gasteiger partial charge is 0.465 e. The second-order valence-corrected chi connectivity index (χ2v) is 5.13. The molecular formula is C14H12ClFN2O5. The minimum atomic E-state index is -2.03. The van der Waals surface area contributed by atoms with Gasteiger partial charge in [-0.25, -0.2) is 9.18 Å². The van der Waals surface area contributed by atoms with Crippen molar-refractivity contribution in [1.82, 2.24) is 5.32 Å². The lowest BCUT2D eigenvalue weighted by Gasteiger charge is -2.30. The molecule has 0 saturated carbocycles. The van der Waals surface area contributed by atoms with Gasteiger partial charge in [0.25, 0.3) is 0 Å². The number of carbonyl (C=O) groups is 1. The monoisotopic (exact) mass is 342 g/mol. The van der Waals surface area contributed by atoms with Crippen LogP contribution in [0.2, 0.25) is 5.02 Å². The van der Waals surface area contributed by atoms with E-state index in [1.165, 1.54) is 24.3 Å². The van der Waals surface area contributed by atoms with E-state index in [-0.39, 0.29) is 17.3 Å². The zero-order valence-corrected chi connectivity index (χ0v) is 12.4. The summed E-state index contributed by atoms with van der Waals surface area (Å²) in [4.78, 5) is 21.6. The van der Waals surface area contributed by atoms with E-state index in [0.717, 1.165) is 12.1 Å². The molecule has 0 spiro atoms. The maximum absolute atomic E-state index is 13.2. The Hall–Kier alpha value is -2.61. The fourth-order valence-corrected chi connectivity index (χ4v) is 2.31. The summed E-state index contributed by atoms with van der Waals surface area (Å²) in [6, 6.07) is 3.36. The lowest BCUT2D eigenvalue weighted by Crippen LogP contribution is -2.53. The molecule has 1 aromatic carbocycles. The van der Waals surface area contributed by atoms with E-state index >= 15 is 0 Å². The molecule has 1 aliphatic rings. The second kappa shape index (κ2) is 6.66. The van der Waals surface area contributed by atoms with Gasteiger partial charge in [-0.3, -0.25) is 10.1 Å². The number of hydrogen-bond acceptors (Lipinski definition) is 4. The molecule has 1 aliphatic carbocycles. The summed E-state index contributed by atoms with van der Waals surface area (Å²) in [5, 5.41) is 22.1. The van der Waals surface area contributed by atoms with Gasteiger partial charge in [-0.05, 0) is 12.1 Å². The Kier molecular flexibility index (Phi) is 4.85. The lowest BCUT2D eigenvalue weighted by atomic mass is 9.91. The molecule has 1 aromatic rings. The van der Waals surface area contributed by atoms with Crippen molar-refractivity contribution < 1.29 is 24.0 Å². The van der Waals surface area contributed by atoms with Crippen LogP contribution in [-0.2, 0) is 0 Å². The minimum absolute atomic E-state index is 0.00613. The fraction of sp³-hybridized carbons (Fsp3) is 0.214. The molecule has 0 heterocycles. The van der Waals surface area contributed by atoms with E-state index < -0.39 is 28.5 Å². The molecule has 2 rings (SSSR count). The van der Waals surface area contributed by atoms with Crippen LogP contribution in [0, 0.1) is 21.8 Å². The summed E-state index contributed by atoms with van der Waals surface area (Å²) >= 11 is 5.65. The van der Waals surface area contributed by atoms with Crippen molar-refractivity contribution in [1.29, 1.82) is 0 Å². The van der Waals surface area contributed by atoms with E-state index in [1.54, 1.807) is 6.08 Å². The average molecular weight is 343 g/mol. The maximum Gasteiger partial charge on any atom is 0.404 e. The number of halogens is 2. The summed E-state index contributed by atoms with van der Waals surface area (Å²) in [5.74, 6) is -1.59. The zero-order valence-electron chi connectivity index (χ0n) is 11.6. The average Bonchev–Trinajstić information content (AvgIpc) is 2.49. The number of hydrogen-bond donors (Lipinski definition) is 2. The normalized spacial score (nSPS) is 22.6. The van der Waals surface area contributed by atoms with E-state index in [1.807, 2.05) is 0 Å². The van der Waals surface area contributed by atoms with Crippen LogP contribution < -0.4 is 10.1 Å². The van der Waals surface area contributed by atoms with Crippen LogP contribution in [0.5, 0.6) is 5.75 Å². The Bertz CT molecular complexity index is 694. The summed E-state index contributed by atoms with van der Waals surface area (Å²) in [7, 11) is 0. The number of amides is 1.